The molecular weight excluding hydrogens is 943 g/mol. The number of esters is 4. The van der Waals surface area contributed by atoms with E-state index in [4.69, 9.17) is 47.4 Å². The van der Waals surface area contributed by atoms with Gasteiger partial charge < -0.3 is 73.1 Å². The second kappa shape index (κ2) is 20.7. The van der Waals surface area contributed by atoms with E-state index in [1.807, 2.05) is 0 Å². The Morgan fingerprint density at radius 1 is 0.789 bits per heavy atom. The van der Waals surface area contributed by atoms with Gasteiger partial charge in [-0.2, -0.15) is 0 Å². The van der Waals surface area contributed by atoms with Crippen molar-refractivity contribution in [1.82, 2.24) is 5.32 Å². The van der Waals surface area contributed by atoms with E-state index in [1.54, 1.807) is 6.07 Å². The zero-order valence-corrected chi connectivity index (χ0v) is 39.3. The quantitative estimate of drug-likeness (QED) is 0.0727. The van der Waals surface area contributed by atoms with Crippen LogP contribution in [-0.2, 0) is 74.9 Å². The number of carbonyl (C=O) groups excluding carboxylic acids is 8. The van der Waals surface area contributed by atoms with Crippen LogP contribution in [0.5, 0.6) is 23.0 Å². The molecule has 5 N–H and O–H groups in total. The summed E-state index contributed by atoms with van der Waals surface area (Å²) in [5, 5.41) is 48.9. The summed E-state index contributed by atoms with van der Waals surface area (Å²) in [5.41, 5.74) is -3.81. The number of aromatic hydroxyl groups is 2. The number of methoxy groups -OCH3 is 2. The Labute approximate surface area is 404 Å². The summed E-state index contributed by atoms with van der Waals surface area (Å²) < 4.78 is 56.0. The number of amides is 1. The number of benzene rings is 3. The van der Waals surface area contributed by atoms with Gasteiger partial charge in [0.2, 0.25) is 18.2 Å². The number of aliphatic hydroxyl groups excluding tert-OH is 1. The van der Waals surface area contributed by atoms with Crippen molar-refractivity contribution in [3.05, 3.63) is 81.4 Å². The number of hydrogen-bond acceptors (Lipinski definition) is 22. The summed E-state index contributed by atoms with van der Waals surface area (Å²) >= 11 is 0. The van der Waals surface area contributed by atoms with Gasteiger partial charge in [0, 0.05) is 62.3 Å². The highest BCUT2D eigenvalue weighted by Crippen LogP contribution is 2.52. The lowest BCUT2D eigenvalue weighted by molar-refractivity contribution is -0.282. The van der Waals surface area contributed by atoms with Crippen molar-refractivity contribution in [2.24, 2.45) is 0 Å². The maximum Gasteiger partial charge on any atom is 0.407 e. The second-order valence-electron chi connectivity index (χ2n) is 17.2. The lowest BCUT2D eigenvalue weighted by Crippen LogP contribution is -2.64. The van der Waals surface area contributed by atoms with E-state index in [9.17, 15) is 58.8 Å². The number of carbonyl (C=O) groups is 8. The van der Waals surface area contributed by atoms with Crippen molar-refractivity contribution >= 4 is 47.3 Å². The van der Waals surface area contributed by atoms with Gasteiger partial charge in [-0.25, -0.2) is 9.59 Å². The molecule has 7 rings (SSSR count). The summed E-state index contributed by atoms with van der Waals surface area (Å²) in [7, 11) is 2.31. The van der Waals surface area contributed by atoms with Crippen LogP contribution < -0.4 is 14.8 Å². The summed E-state index contributed by atoms with van der Waals surface area (Å²) in [6, 6.07) is 9.09. The van der Waals surface area contributed by atoms with Gasteiger partial charge in [0.05, 0.1) is 49.2 Å². The van der Waals surface area contributed by atoms with Crippen molar-refractivity contribution in [2.75, 3.05) is 14.2 Å². The molecule has 71 heavy (non-hydrogen) atoms. The van der Waals surface area contributed by atoms with Crippen molar-refractivity contribution in [3.63, 3.8) is 0 Å². The van der Waals surface area contributed by atoms with Gasteiger partial charge in [-0.3, -0.25) is 28.8 Å². The minimum Gasteiger partial charge on any atom is -0.507 e. The summed E-state index contributed by atoms with van der Waals surface area (Å²) in [5.74, 6) is -7.69. The average Bonchev–Trinajstić information content (AvgIpc) is 3.31. The Kier molecular flexibility index (Phi) is 15.0. The van der Waals surface area contributed by atoms with Crippen LogP contribution in [0.3, 0.4) is 0 Å². The molecule has 11 atom stereocenters. The van der Waals surface area contributed by atoms with E-state index in [0.29, 0.717) is 0 Å². The van der Waals surface area contributed by atoms with Crippen molar-refractivity contribution in [2.45, 2.75) is 127 Å². The van der Waals surface area contributed by atoms with Gasteiger partial charge >= 0.3 is 30.0 Å². The fraction of sp³-hybridized carbons (Fsp3) is 0.458. The number of ether oxygens (including phenoxy) is 10. The van der Waals surface area contributed by atoms with E-state index in [-0.39, 0.29) is 45.7 Å². The Morgan fingerprint density at radius 3 is 2.07 bits per heavy atom. The zero-order valence-electron chi connectivity index (χ0n) is 39.3. The average molecular weight is 994 g/mol. The lowest BCUT2D eigenvalue weighted by Gasteiger charge is -2.43. The topological polar surface area (TPSA) is 322 Å². The largest absolute Gasteiger partial charge is 0.507 e. The first-order valence-corrected chi connectivity index (χ1v) is 22.1. The van der Waals surface area contributed by atoms with Gasteiger partial charge in [0.25, 0.3) is 0 Å². The number of ketones is 3. The van der Waals surface area contributed by atoms with Crippen LogP contribution in [0.15, 0.2) is 42.5 Å². The van der Waals surface area contributed by atoms with Gasteiger partial charge in [0.1, 0.15) is 41.3 Å². The SMILES string of the molecule is COC(=O)[C@H]1O[C@@H](Oc2ccccc2COC(=O)N[C@H]2C[C@H](O[C@H]3C[C@](O)(C(C)=O)Cc4c(O)c5c(c(O)c43)C(=O)c3c(OC)cccc3C5=O)O[C@@H](C)[C@H]2O)[C@H](OC(C)=O)[C@@H](OC(C)=O)[C@@H]1OC(C)=O. The number of nitrogens with one attached hydrogen (secondary N) is 1. The lowest BCUT2D eigenvalue weighted by atomic mass is 9.72. The molecule has 0 bridgehead atoms. The van der Waals surface area contributed by atoms with E-state index >= 15 is 0 Å². The molecule has 4 aliphatic rings. The Balaban J connectivity index is 1.10. The van der Waals surface area contributed by atoms with Crippen LogP contribution in [0, 0.1) is 0 Å². The van der Waals surface area contributed by atoms with E-state index in [2.05, 4.69) is 5.32 Å². The monoisotopic (exact) mass is 993 g/mol. The molecular formula is C48H51NO22. The molecule has 2 aliphatic heterocycles. The van der Waals surface area contributed by atoms with Crippen LogP contribution in [-0.4, -0.2) is 143 Å². The maximum atomic E-state index is 14.1. The minimum absolute atomic E-state index is 0.0331. The predicted molar refractivity (Wildman–Crippen MR) is 234 cm³/mol. The first-order valence-electron chi connectivity index (χ1n) is 22.1. The molecule has 2 saturated heterocycles. The number of aliphatic hydroxyl groups is 2. The number of rotatable bonds is 13. The molecule has 0 aromatic heterocycles. The molecule has 1 amide bonds. The van der Waals surface area contributed by atoms with Crippen LogP contribution in [0.2, 0.25) is 0 Å². The molecule has 2 aliphatic carbocycles. The van der Waals surface area contributed by atoms with Crippen LogP contribution in [0.4, 0.5) is 4.79 Å². The molecule has 23 heteroatoms. The molecule has 380 valence electrons. The van der Waals surface area contributed by atoms with Gasteiger partial charge in [-0.05, 0) is 26.0 Å². The molecule has 0 saturated carbocycles. The Bertz CT molecular complexity index is 2660. The molecule has 0 radical (unpaired) electrons. The normalized spacial score (nSPS) is 27.6. The first-order chi connectivity index (χ1) is 33.6. The standard InChI is InChI=1S/C48H51NO22/c1-19-36(54)27(49-47(60)64-18-24-11-8-9-13-28(24)70-46-44(68-23(5)53)42(67-22(4)52)41(66-21(3)51)43(71-46)45(59)63-7)15-31(65-19)69-30-17-48(61,20(2)50)16-26-33(30)40(58)35-34(38(26)56)37(55)25-12-10-14-29(62-6)32(25)39(35)57/h8-14,19,27,30-31,36,41-44,46,54,56,58,61H,15-18H2,1-7H3,(H,49,60)/t19-,27-,30-,31-,36+,41-,42-,43-,44+,46+,48-/m0/s1. The van der Waals surface area contributed by atoms with E-state index in [1.165, 1.54) is 50.4 Å². The molecule has 3 aromatic carbocycles. The fourth-order valence-electron chi connectivity index (χ4n) is 9.14. The molecule has 0 unspecified atom stereocenters. The summed E-state index contributed by atoms with van der Waals surface area (Å²) in [6.07, 6.45) is -16.2. The molecule has 3 aromatic rings. The third-order valence-corrected chi connectivity index (χ3v) is 12.5. The number of phenols is 2. The zero-order chi connectivity index (χ0) is 51.8. The highest BCUT2D eigenvalue weighted by molar-refractivity contribution is 6.31. The number of phenolic OH excluding ortho intramolecular Hbond substituents is 2. The number of fused-ring (bicyclic) bond motifs is 3. The highest BCUT2D eigenvalue weighted by Gasteiger charge is 2.56. The number of para-hydroxylation sites is 1. The fourth-order valence-corrected chi connectivity index (χ4v) is 9.14. The number of Topliss-reactive ketones (excluding diaryl/α,β-unsaturated/α-hetero) is 1. The molecule has 23 nitrogen and oxygen atoms in total. The number of alkyl carbamates (subject to hydrolysis) is 1. The van der Waals surface area contributed by atoms with E-state index < -0.39 is 156 Å². The Hall–Kier alpha value is -7.18. The minimum atomic E-state index is -2.20. The third kappa shape index (κ3) is 10.2. The molecule has 0 spiro atoms. The van der Waals surface area contributed by atoms with Crippen molar-refractivity contribution in [1.29, 1.82) is 0 Å². The first kappa shape index (κ1) is 51.7. The van der Waals surface area contributed by atoms with Crippen molar-refractivity contribution in [3.8, 4) is 23.0 Å². The van der Waals surface area contributed by atoms with Crippen LogP contribution >= 0.6 is 0 Å². The Morgan fingerprint density at radius 2 is 1.42 bits per heavy atom. The summed E-state index contributed by atoms with van der Waals surface area (Å²) in [4.78, 5) is 104. The predicted octanol–water partition coefficient (Wildman–Crippen LogP) is 2.07. The van der Waals surface area contributed by atoms with Gasteiger partial charge in [-0.1, -0.05) is 30.3 Å². The molecule has 2 fully saturated rings. The van der Waals surface area contributed by atoms with Crippen LogP contribution in [0.25, 0.3) is 0 Å². The van der Waals surface area contributed by atoms with Gasteiger partial charge in [0.15, 0.2) is 36.2 Å². The third-order valence-electron chi connectivity index (χ3n) is 12.5. The van der Waals surface area contributed by atoms with Gasteiger partial charge in [-0.15, -0.1) is 0 Å². The van der Waals surface area contributed by atoms with E-state index in [0.717, 1.165) is 34.8 Å². The van der Waals surface area contributed by atoms with Crippen molar-refractivity contribution < 1.29 is 106 Å². The smallest absolute Gasteiger partial charge is 0.407 e. The number of hydrogen-bond donors (Lipinski definition) is 5. The maximum absolute atomic E-state index is 14.1. The van der Waals surface area contributed by atoms with Crippen LogP contribution in [0.1, 0.15) is 102 Å². The molecule has 2 heterocycles. The summed E-state index contributed by atoms with van der Waals surface area (Å²) in [6.45, 7) is 5.14. The highest BCUT2D eigenvalue weighted by atomic mass is 16.7. The second-order valence-corrected chi connectivity index (χ2v) is 17.2.